The van der Waals surface area contributed by atoms with E-state index in [9.17, 15) is 8.42 Å². The summed E-state index contributed by atoms with van der Waals surface area (Å²) in [6, 6.07) is 3.57. The Morgan fingerprint density at radius 3 is 2.19 bits per heavy atom. The Morgan fingerprint density at radius 2 is 1.71 bits per heavy atom. The van der Waals surface area contributed by atoms with Crippen LogP contribution in [0.15, 0.2) is 17.0 Å². The molecule has 0 aliphatic carbocycles. The molecular weight excluding hydrogens is 284 g/mol. The summed E-state index contributed by atoms with van der Waals surface area (Å²) in [5.74, 6) is 0. The van der Waals surface area contributed by atoms with Crippen molar-refractivity contribution in [2.45, 2.75) is 59.0 Å². The number of benzene rings is 1. The van der Waals surface area contributed by atoms with Gasteiger partial charge < -0.3 is 5.32 Å². The van der Waals surface area contributed by atoms with Crippen molar-refractivity contribution in [2.75, 3.05) is 7.05 Å². The highest BCUT2D eigenvalue weighted by molar-refractivity contribution is 7.89. The fraction of sp³-hybridized carbons (Fsp3) is 0.625. The summed E-state index contributed by atoms with van der Waals surface area (Å²) >= 11 is 0. The molecule has 5 heteroatoms. The summed E-state index contributed by atoms with van der Waals surface area (Å²) in [4.78, 5) is 0.370. The van der Waals surface area contributed by atoms with E-state index < -0.39 is 10.0 Å². The number of sulfonamides is 1. The van der Waals surface area contributed by atoms with E-state index in [-0.39, 0.29) is 11.5 Å². The summed E-state index contributed by atoms with van der Waals surface area (Å²) < 4.78 is 28.1. The van der Waals surface area contributed by atoms with Crippen LogP contribution in [0.3, 0.4) is 0 Å². The molecular formula is C16H28N2O2S. The van der Waals surface area contributed by atoms with Gasteiger partial charge in [0.15, 0.2) is 0 Å². The lowest BCUT2D eigenvalue weighted by Gasteiger charge is -2.28. The number of nitrogens with one attached hydrogen (secondary N) is 2. The maximum Gasteiger partial charge on any atom is 0.241 e. The molecule has 1 unspecified atom stereocenters. The Balaban J connectivity index is 3.22. The molecule has 0 bridgehead atoms. The molecule has 0 radical (unpaired) electrons. The third-order valence-corrected chi connectivity index (χ3v) is 5.60. The molecule has 0 spiro atoms. The summed E-state index contributed by atoms with van der Waals surface area (Å²) in [6.45, 7) is 12.5. The maximum absolute atomic E-state index is 12.6. The molecule has 1 rings (SSSR count). The van der Waals surface area contributed by atoms with Gasteiger partial charge >= 0.3 is 0 Å². The van der Waals surface area contributed by atoms with E-state index in [1.54, 1.807) is 6.07 Å². The SMILES string of the molecule is CNCc1cc(S(=O)(=O)NC(C)C(C)(C)C)c(C)cc1C. The summed E-state index contributed by atoms with van der Waals surface area (Å²) in [7, 11) is -1.65. The van der Waals surface area contributed by atoms with Gasteiger partial charge in [0.2, 0.25) is 10.0 Å². The van der Waals surface area contributed by atoms with Gasteiger partial charge in [0.25, 0.3) is 0 Å². The summed E-state index contributed by atoms with van der Waals surface area (Å²) in [5, 5.41) is 3.07. The minimum atomic E-state index is -3.51. The van der Waals surface area contributed by atoms with Gasteiger partial charge in [-0.2, -0.15) is 0 Å². The van der Waals surface area contributed by atoms with Crippen LogP contribution in [0.2, 0.25) is 0 Å². The molecule has 0 aromatic heterocycles. The van der Waals surface area contributed by atoms with Crippen LogP contribution in [0.1, 0.15) is 44.4 Å². The first-order chi connectivity index (χ1) is 9.49. The van der Waals surface area contributed by atoms with Gasteiger partial charge in [-0.25, -0.2) is 13.1 Å². The van der Waals surface area contributed by atoms with Crippen molar-refractivity contribution in [1.29, 1.82) is 0 Å². The van der Waals surface area contributed by atoms with Crippen molar-refractivity contribution in [3.05, 3.63) is 28.8 Å². The van der Waals surface area contributed by atoms with Gasteiger partial charge in [0.05, 0.1) is 4.90 Å². The van der Waals surface area contributed by atoms with Crippen LogP contribution in [0.5, 0.6) is 0 Å². The molecule has 4 nitrogen and oxygen atoms in total. The predicted molar refractivity (Wildman–Crippen MR) is 87.9 cm³/mol. The Labute approximate surface area is 129 Å². The molecule has 0 amide bonds. The quantitative estimate of drug-likeness (QED) is 0.879. The van der Waals surface area contributed by atoms with E-state index in [1.165, 1.54) is 0 Å². The lowest BCUT2D eigenvalue weighted by molar-refractivity contribution is 0.317. The van der Waals surface area contributed by atoms with Crippen LogP contribution in [-0.2, 0) is 16.6 Å². The van der Waals surface area contributed by atoms with E-state index in [4.69, 9.17) is 0 Å². The molecule has 0 saturated carbocycles. The zero-order valence-electron chi connectivity index (χ0n) is 14.2. The lowest BCUT2D eigenvalue weighted by Crippen LogP contribution is -2.41. The standard InChI is InChI=1S/C16H28N2O2S/c1-11-8-12(2)15(9-14(11)10-17-7)21(19,20)18-13(3)16(4,5)6/h8-9,13,17-18H,10H2,1-7H3. The van der Waals surface area contributed by atoms with Gasteiger partial charge in [0, 0.05) is 12.6 Å². The van der Waals surface area contributed by atoms with E-state index in [2.05, 4.69) is 10.0 Å². The van der Waals surface area contributed by atoms with Crippen LogP contribution >= 0.6 is 0 Å². The molecule has 1 atom stereocenters. The van der Waals surface area contributed by atoms with E-state index >= 15 is 0 Å². The molecule has 21 heavy (non-hydrogen) atoms. The van der Waals surface area contributed by atoms with Crippen LogP contribution in [0.4, 0.5) is 0 Å². The highest BCUT2D eigenvalue weighted by Gasteiger charge is 2.27. The van der Waals surface area contributed by atoms with Gasteiger partial charge in [-0.1, -0.05) is 26.8 Å². The monoisotopic (exact) mass is 312 g/mol. The van der Waals surface area contributed by atoms with Crippen LogP contribution in [0.25, 0.3) is 0 Å². The fourth-order valence-corrected chi connectivity index (χ4v) is 3.74. The Hall–Kier alpha value is -0.910. The average molecular weight is 312 g/mol. The molecule has 0 saturated heterocycles. The zero-order valence-corrected chi connectivity index (χ0v) is 15.0. The van der Waals surface area contributed by atoms with Crippen molar-refractivity contribution < 1.29 is 8.42 Å². The van der Waals surface area contributed by atoms with Gasteiger partial charge in [-0.05, 0) is 56.0 Å². The summed E-state index contributed by atoms with van der Waals surface area (Å²) in [5.41, 5.74) is 2.76. The topological polar surface area (TPSA) is 58.2 Å². The number of hydrogen-bond acceptors (Lipinski definition) is 3. The van der Waals surface area contributed by atoms with Gasteiger partial charge in [-0.15, -0.1) is 0 Å². The fourth-order valence-electron chi connectivity index (χ4n) is 2.02. The average Bonchev–Trinajstić information content (AvgIpc) is 2.30. The lowest BCUT2D eigenvalue weighted by atomic mass is 9.89. The molecule has 0 fully saturated rings. The smallest absolute Gasteiger partial charge is 0.241 e. The van der Waals surface area contributed by atoms with E-state index in [1.807, 2.05) is 54.7 Å². The first-order valence-corrected chi connectivity index (χ1v) is 8.74. The molecule has 0 heterocycles. The minimum absolute atomic E-state index is 0.126. The van der Waals surface area contributed by atoms with Crippen LogP contribution in [0, 0.1) is 19.3 Å². The maximum atomic E-state index is 12.6. The Kier molecular flexibility index (Phi) is 5.58. The second kappa shape index (κ2) is 6.46. The Morgan fingerprint density at radius 1 is 1.14 bits per heavy atom. The Bertz CT molecular complexity index is 601. The van der Waals surface area contributed by atoms with E-state index in [0.717, 1.165) is 16.7 Å². The van der Waals surface area contributed by atoms with Gasteiger partial charge in [-0.3, -0.25) is 0 Å². The van der Waals surface area contributed by atoms with Crippen LogP contribution < -0.4 is 10.0 Å². The molecule has 0 aliphatic heterocycles. The third-order valence-electron chi connectivity index (χ3n) is 3.92. The van der Waals surface area contributed by atoms with Crippen molar-refractivity contribution in [3.63, 3.8) is 0 Å². The second-order valence-electron chi connectivity index (χ2n) is 6.78. The molecule has 1 aromatic rings. The van der Waals surface area contributed by atoms with Crippen molar-refractivity contribution in [1.82, 2.24) is 10.0 Å². The van der Waals surface area contributed by atoms with Crippen LogP contribution in [-0.4, -0.2) is 21.5 Å². The highest BCUT2D eigenvalue weighted by atomic mass is 32.2. The van der Waals surface area contributed by atoms with Crippen molar-refractivity contribution >= 4 is 10.0 Å². The zero-order chi connectivity index (χ0) is 16.4. The number of hydrogen-bond donors (Lipinski definition) is 2. The predicted octanol–water partition coefficient (Wildman–Crippen LogP) is 2.74. The normalized spacial score (nSPS) is 14.2. The first-order valence-electron chi connectivity index (χ1n) is 7.26. The van der Waals surface area contributed by atoms with Gasteiger partial charge in [0.1, 0.15) is 0 Å². The second-order valence-corrected chi connectivity index (χ2v) is 8.47. The summed E-state index contributed by atoms with van der Waals surface area (Å²) in [6.07, 6.45) is 0. The molecule has 0 aliphatic rings. The first kappa shape index (κ1) is 18.1. The highest BCUT2D eigenvalue weighted by Crippen LogP contribution is 2.24. The molecule has 120 valence electrons. The third kappa shape index (κ3) is 4.53. The molecule has 1 aromatic carbocycles. The van der Waals surface area contributed by atoms with Crippen molar-refractivity contribution in [2.24, 2.45) is 5.41 Å². The number of aryl methyl sites for hydroxylation is 2. The molecule has 2 N–H and O–H groups in total. The number of rotatable bonds is 5. The van der Waals surface area contributed by atoms with Crippen molar-refractivity contribution in [3.8, 4) is 0 Å². The minimum Gasteiger partial charge on any atom is -0.316 e. The largest absolute Gasteiger partial charge is 0.316 e. The van der Waals surface area contributed by atoms with E-state index in [0.29, 0.717) is 11.4 Å².